The minimum atomic E-state index is -2.09. The molecule has 4 aliphatic rings. The van der Waals surface area contributed by atoms with Gasteiger partial charge in [-0.15, -0.1) is 0 Å². The molecule has 0 aromatic carbocycles. The fraction of sp³-hybridized carbons (Fsp3) is 0.660. The van der Waals surface area contributed by atoms with E-state index in [2.05, 4.69) is 5.32 Å². The smallest absolute Gasteiger partial charge is 0.407 e. The molecule has 0 aromatic rings. The third kappa shape index (κ3) is 17.2. The van der Waals surface area contributed by atoms with Crippen molar-refractivity contribution in [2.45, 2.75) is 183 Å². The van der Waals surface area contributed by atoms with Gasteiger partial charge in [0.25, 0.3) is 0 Å². The van der Waals surface area contributed by atoms with Crippen LogP contribution < -0.4 is 11.1 Å². The Balaban J connectivity index is 1.53. The molecule has 0 saturated carbocycles. The molecule has 3 fully saturated rings. The summed E-state index contributed by atoms with van der Waals surface area (Å²) in [7, 11) is 0. The van der Waals surface area contributed by atoms with Gasteiger partial charge in [-0.1, -0.05) is 98.9 Å². The molecule has 3 saturated heterocycles. The number of carbonyl (C=O) groups is 2. The number of ether oxygens (including phenoxy) is 5. The van der Waals surface area contributed by atoms with E-state index in [0.29, 0.717) is 0 Å². The molecule has 18 heteroatoms. The molecular weight excluding hydrogens is 849 g/mol. The van der Waals surface area contributed by atoms with Crippen LogP contribution in [-0.4, -0.2) is 162 Å². The van der Waals surface area contributed by atoms with E-state index < -0.39 is 141 Å². The summed E-state index contributed by atoms with van der Waals surface area (Å²) in [6.07, 6.45) is 6.59. The zero-order valence-electron chi connectivity index (χ0n) is 37.6. The van der Waals surface area contributed by atoms with Gasteiger partial charge in [0, 0.05) is 37.5 Å². The molecule has 12 N–H and O–H groups in total. The van der Waals surface area contributed by atoms with Crippen molar-refractivity contribution in [2.24, 2.45) is 17.6 Å². The van der Waals surface area contributed by atoms with E-state index in [0.717, 1.165) is 0 Å². The number of hydrogen-bond acceptors (Lipinski definition) is 17. The van der Waals surface area contributed by atoms with Gasteiger partial charge in [0.05, 0.1) is 79.5 Å². The predicted octanol–water partition coefficient (Wildman–Crippen LogP) is 1.13. The molecule has 4 aliphatic heterocycles. The van der Waals surface area contributed by atoms with Crippen LogP contribution in [0.4, 0.5) is 4.79 Å². The molecule has 4 heterocycles. The summed E-state index contributed by atoms with van der Waals surface area (Å²) in [6.45, 7) is 6.84. The van der Waals surface area contributed by atoms with Gasteiger partial charge < -0.3 is 80.7 Å². The van der Waals surface area contributed by atoms with E-state index in [-0.39, 0.29) is 38.0 Å². The Kier molecular flexibility index (Phi) is 21.7. The van der Waals surface area contributed by atoms with Crippen LogP contribution in [0, 0.1) is 11.8 Å². The Bertz CT molecular complexity index is 1700. The van der Waals surface area contributed by atoms with Crippen molar-refractivity contribution in [3.8, 4) is 0 Å². The zero-order valence-corrected chi connectivity index (χ0v) is 37.6. The lowest BCUT2D eigenvalue weighted by atomic mass is 9.87. The first-order valence-corrected chi connectivity index (χ1v) is 22.5. The van der Waals surface area contributed by atoms with Gasteiger partial charge in [-0.25, -0.2) is 4.79 Å². The summed E-state index contributed by atoms with van der Waals surface area (Å²) >= 11 is 0. The van der Waals surface area contributed by atoms with Crippen molar-refractivity contribution in [3.05, 3.63) is 85.1 Å². The van der Waals surface area contributed by atoms with Crippen molar-refractivity contribution >= 4 is 12.1 Å². The highest BCUT2D eigenvalue weighted by Crippen LogP contribution is 2.38. The van der Waals surface area contributed by atoms with Crippen molar-refractivity contribution in [1.82, 2.24) is 5.32 Å². The summed E-state index contributed by atoms with van der Waals surface area (Å²) in [6, 6.07) is -1.84. The molecule has 18 nitrogen and oxygen atoms in total. The number of alkyl carbamates (subject to hydrolysis) is 1. The number of carbonyl (C=O) groups excluding carboxylic acids is 2. The normalized spacial score (nSPS) is 46.2. The quantitative estimate of drug-likeness (QED) is 0.173. The van der Waals surface area contributed by atoms with E-state index in [1.165, 1.54) is 0 Å². The maximum atomic E-state index is 12.6. The molecule has 65 heavy (non-hydrogen) atoms. The molecule has 4 rings (SSSR count). The molecule has 0 aromatic heterocycles. The number of hydrogen-bond donors (Lipinski definition) is 11. The van der Waals surface area contributed by atoms with Crippen LogP contribution in [0.15, 0.2) is 85.1 Å². The summed E-state index contributed by atoms with van der Waals surface area (Å²) in [5.41, 5.74) is 6.07. The Morgan fingerprint density at radius 3 is 1.88 bits per heavy atom. The number of aliphatic hydroxyl groups is 9. The van der Waals surface area contributed by atoms with Crippen molar-refractivity contribution in [3.63, 3.8) is 0 Å². The fourth-order valence-corrected chi connectivity index (χ4v) is 8.23. The van der Waals surface area contributed by atoms with Gasteiger partial charge in [-0.3, -0.25) is 4.79 Å². The fourth-order valence-electron chi connectivity index (χ4n) is 8.23. The number of cyclic esters (lactones) is 1. The number of rotatable bonds is 2. The van der Waals surface area contributed by atoms with Crippen LogP contribution in [0.25, 0.3) is 0 Å². The summed E-state index contributed by atoms with van der Waals surface area (Å²) in [4.78, 5) is 25.1. The lowest BCUT2D eigenvalue weighted by Crippen LogP contribution is -2.62. The van der Waals surface area contributed by atoms with Crippen LogP contribution in [0.5, 0.6) is 0 Å². The van der Waals surface area contributed by atoms with Gasteiger partial charge in [-0.05, 0) is 33.1 Å². The molecule has 0 radical (unpaired) electrons. The molecule has 0 spiro atoms. The van der Waals surface area contributed by atoms with Crippen molar-refractivity contribution in [2.75, 3.05) is 0 Å². The molecule has 1 amide bonds. The van der Waals surface area contributed by atoms with Gasteiger partial charge in [0.15, 0.2) is 12.1 Å². The number of aliphatic hydroxyl groups excluding tert-OH is 8. The maximum absolute atomic E-state index is 12.6. The average Bonchev–Trinajstić information content (AvgIpc) is 3.61. The monoisotopic (exact) mass is 920 g/mol. The molecular formula is C47H72N2O16. The number of nitrogens with two attached hydrogens (primary N) is 1. The molecule has 366 valence electrons. The molecule has 1 unspecified atom stereocenters. The lowest BCUT2D eigenvalue weighted by molar-refractivity contribution is -0.298. The van der Waals surface area contributed by atoms with Crippen molar-refractivity contribution in [1.29, 1.82) is 0 Å². The number of fused-ring (bicyclic) bond motifs is 4. The summed E-state index contributed by atoms with van der Waals surface area (Å²) in [5, 5.41) is 100. The van der Waals surface area contributed by atoms with E-state index in [1.807, 2.05) is 61.6 Å². The molecule has 2 bridgehead atoms. The second kappa shape index (κ2) is 26.1. The van der Waals surface area contributed by atoms with E-state index in [4.69, 9.17) is 29.4 Å². The standard InChI is InChI=1S/C47H72N2O16/c1-27-17-15-13-11-9-7-5-6-8-10-12-14-16-18-34(63-45-44(58)40(48)43(57)30(4)62-45)24-37-41-38(64-46(59)49-41)26-47(60,65-37)25-33(52)22-36(54)35(53)20-19-31(50)21-32(51)23-39(55)61-29(3)28(2)42(27)56/h5-18,27-38,40-45,50-54,56-58,60H,19-26,48H2,1-4H3,(H,49,59)/b6-5+,9-7+,10-8+,13-11+,14-12+,17-15+,18-16+/t27-,28-,29-,30+,31+,32+,33-,34-,35+,36+,37?,38-,40-,41-,42+,43+,44-,45-,47+/m0/s1. The predicted molar refractivity (Wildman–Crippen MR) is 237 cm³/mol. The van der Waals surface area contributed by atoms with Crippen LogP contribution >= 0.6 is 0 Å². The topological polar surface area (TPSA) is 300 Å². The van der Waals surface area contributed by atoms with E-state index >= 15 is 0 Å². The minimum absolute atomic E-state index is 0.0414. The van der Waals surface area contributed by atoms with E-state index in [9.17, 15) is 55.5 Å². The Morgan fingerprint density at radius 1 is 0.646 bits per heavy atom. The third-order valence-corrected chi connectivity index (χ3v) is 12.3. The number of esters is 1. The largest absolute Gasteiger partial charge is 0.462 e. The van der Waals surface area contributed by atoms with E-state index in [1.54, 1.807) is 51.2 Å². The van der Waals surface area contributed by atoms with Gasteiger partial charge in [-0.2, -0.15) is 0 Å². The average molecular weight is 921 g/mol. The van der Waals surface area contributed by atoms with Crippen LogP contribution in [-0.2, 0) is 28.5 Å². The van der Waals surface area contributed by atoms with Crippen LogP contribution in [0.3, 0.4) is 0 Å². The van der Waals surface area contributed by atoms with Gasteiger partial charge in [0.2, 0.25) is 0 Å². The summed E-state index contributed by atoms with van der Waals surface area (Å²) < 4.78 is 29.1. The second-order valence-corrected chi connectivity index (χ2v) is 17.8. The Labute approximate surface area is 381 Å². The first-order valence-electron chi connectivity index (χ1n) is 22.5. The SMILES string of the molecule is C[C@@H]1[C@H](O)[C@@H](C)/C=C/C=C/C=C/C=C/C=C/C=C/C=C/[C@H](O[C@@H]2O[C@H](C)[C@@H](O)[C@H](N)[C@@H]2O)CC2O[C@](O)(C[C@@H](O)C[C@@H](O)[C@H](O)CC[C@@H](O)C[C@@H](O)CC(=O)O[C@H]1C)C[C@@H]1OC(=O)N[C@@H]21. The molecule has 19 atom stereocenters. The first kappa shape index (κ1) is 54.0. The molecule has 0 aliphatic carbocycles. The summed E-state index contributed by atoms with van der Waals surface area (Å²) in [5.74, 6) is -3.50. The zero-order chi connectivity index (χ0) is 47.8. The first-order chi connectivity index (χ1) is 30.8. The number of allylic oxidation sites excluding steroid dienone is 12. The Morgan fingerprint density at radius 2 is 1.25 bits per heavy atom. The van der Waals surface area contributed by atoms with Crippen LogP contribution in [0.1, 0.15) is 79.1 Å². The highest BCUT2D eigenvalue weighted by atomic mass is 16.7. The number of nitrogens with one attached hydrogen (secondary N) is 1. The maximum Gasteiger partial charge on any atom is 0.407 e. The van der Waals surface area contributed by atoms with Crippen LogP contribution in [0.2, 0.25) is 0 Å². The Hall–Kier alpha value is -3.60. The third-order valence-electron chi connectivity index (χ3n) is 12.3. The minimum Gasteiger partial charge on any atom is -0.462 e. The van der Waals surface area contributed by atoms with Gasteiger partial charge in [0.1, 0.15) is 18.3 Å². The van der Waals surface area contributed by atoms with Gasteiger partial charge >= 0.3 is 12.1 Å². The highest BCUT2D eigenvalue weighted by Gasteiger charge is 2.53. The lowest BCUT2D eigenvalue weighted by Gasteiger charge is -2.44. The second-order valence-electron chi connectivity index (χ2n) is 17.8. The highest BCUT2D eigenvalue weighted by molar-refractivity contribution is 5.70. The van der Waals surface area contributed by atoms with Crippen molar-refractivity contribution < 1.29 is 79.2 Å². The number of amides is 1.